The van der Waals surface area contributed by atoms with Crippen molar-refractivity contribution in [2.24, 2.45) is 23.2 Å². The molecule has 0 N–H and O–H groups in total. The molecule has 4 aliphatic carbocycles. The van der Waals surface area contributed by atoms with Gasteiger partial charge < -0.3 is 4.90 Å². The van der Waals surface area contributed by atoms with E-state index < -0.39 is 0 Å². The van der Waals surface area contributed by atoms with Crippen LogP contribution in [0.5, 0.6) is 0 Å². The molecule has 26 heavy (non-hydrogen) atoms. The molecule has 4 saturated carbocycles. The van der Waals surface area contributed by atoms with E-state index in [-0.39, 0.29) is 11.3 Å². The Morgan fingerprint density at radius 1 is 1.00 bits per heavy atom. The highest BCUT2D eigenvalue weighted by Crippen LogP contribution is 2.60. The summed E-state index contributed by atoms with van der Waals surface area (Å²) in [5.41, 5.74) is 0.0126. The monoisotopic (exact) mass is 372 g/mol. The Labute approximate surface area is 159 Å². The van der Waals surface area contributed by atoms with Crippen molar-refractivity contribution in [3.8, 4) is 0 Å². The Morgan fingerprint density at radius 3 is 2.15 bits per heavy atom. The predicted molar refractivity (Wildman–Crippen MR) is 102 cm³/mol. The van der Waals surface area contributed by atoms with Gasteiger partial charge in [-0.15, -0.1) is 11.3 Å². The highest BCUT2D eigenvalue weighted by molar-refractivity contribution is 7.12. The molecule has 5 aliphatic rings. The Morgan fingerprint density at radius 2 is 1.62 bits per heavy atom. The van der Waals surface area contributed by atoms with Crippen molar-refractivity contribution in [1.82, 2.24) is 9.80 Å². The summed E-state index contributed by atoms with van der Waals surface area (Å²) in [5.74, 6) is 3.13. The Kier molecular flexibility index (Phi) is 4.20. The zero-order valence-corrected chi connectivity index (χ0v) is 16.2. The fourth-order valence-electron chi connectivity index (χ4n) is 6.49. The maximum absolute atomic E-state index is 13.2. The van der Waals surface area contributed by atoms with Crippen LogP contribution in [-0.2, 0) is 4.79 Å². The molecule has 2 heterocycles. The van der Waals surface area contributed by atoms with E-state index in [2.05, 4.69) is 4.90 Å². The number of ketones is 1. The van der Waals surface area contributed by atoms with Crippen molar-refractivity contribution >= 4 is 23.0 Å². The third kappa shape index (κ3) is 2.93. The standard InChI is InChI=1S/C21H28N2O2S/c24-19(21-11-15-8-16(12-21)10-17(9-15)13-21)14-22-3-5-23(6-4-22)20(25)18-2-1-7-26-18/h1-2,7,15-17H,3-6,8-14H2. The molecule has 140 valence electrons. The average Bonchev–Trinajstić information content (AvgIpc) is 3.15. The number of hydrogen-bond acceptors (Lipinski definition) is 4. The quantitative estimate of drug-likeness (QED) is 0.814. The highest BCUT2D eigenvalue weighted by Gasteiger charge is 2.54. The van der Waals surface area contributed by atoms with E-state index in [1.54, 1.807) is 0 Å². The van der Waals surface area contributed by atoms with Crippen molar-refractivity contribution in [1.29, 1.82) is 0 Å². The number of nitrogens with zero attached hydrogens (tertiary/aromatic N) is 2. The van der Waals surface area contributed by atoms with Gasteiger partial charge in [-0.3, -0.25) is 14.5 Å². The van der Waals surface area contributed by atoms with E-state index in [4.69, 9.17) is 0 Å². The van der Waals surface area contributed by atoms with Gasteiger partial charge in [0.2, 0.25) is 0 Å². The lowest BCUT2D eigenvalue weighted by Crippen LogP contribution is -2.55. The molecule has 1 amide bonds. The van der Waals surface area contributed by atoms with Gasteiger partial charge in [-0.25, -0.2) is 0 Å². The van der Waals surface area contributed by atoms with Gasteiger partial charge in [0.15, 0.2) is 5.78 Å². The third-order valence-corrected chi connectivity index (χ3v) is 8.25. The van der Waals surface area contributed by atoms with Crippen LogP contribution in [0.15, 0.2) is 17.5 Å². The van der Waals surface area contributed by atoms with E-state index >= 15 is 0 Å². The summed E-state index contributed by atoms with van der Waals surface area (Å²) < 4.78 is 0. The molecule has 5 heteroatoms. The number of carbonyl (C=O) groups excluding carboxylic acids is 2. The summed E-state index contributed by atoms with van der Waals surface area (Å²) in [6.07, 6.45) is 7.64. The van der Waals surface area contributed by atoms with Crippen LogP contribution in [0.1, 0.15) is 48.2 Å². The topological polar surface area (TPSA) is 40.6 Å². The molecule has 1 aliphatic heterocycles. The van der Waals surface area contributed by atoms with E-state index in [0.29, 0.717) is 12.3 Å². The lowest BCUT2D eigenvalue weighted by atomic mass is 9.48. The van der Waals surface area contributed by atoms with Crippen molar-refractivity contribution in [3.63, 3.8) is 0 Å². The summed E-state index contributed by atoms with van der Waals surface area (Å²) in [6.45, 7) is 3.74. The van der Waals surface area contributed by atoms with Crippen LogP contribution >= 0.6 is 11.3 Å². The first-order chi connectivity index (χ1) is 12.6. The van der Waals surface area contributed by atoms with Crippen LogP contribution in [0.2, 0.25) is 0 Å². The molecule has 0 radical (unpaired) electrons. The second kappa shape index (κ2) is 6.45. The van der Waals surface area contributed by atoms with Crippen molar-refractivity contribution in [2.45, 2.75) is 38.5 Å². The van der Waals surface area contributed by atoms with E-state index in [0.717, 1.165) is 68.1 Å². The minimum atomic E-state index is 0.0126. The van der Waals surface area contributed by atoms with Crippen LogP contribution in [0, 0.1) is 23.2 Å². The lowest BCUT2D eigenvalue weighted by Gasteiger charge is -2.56. The molecule has 0 spiro atoms. The van der Waals surface area contributed by atoms with Gasteiger partial charge in [0, 0.05) is 31.6 Å². The molecule has 1 aromatic rings. The van der Waals surface area contributed by atoms with Gasteiger partial charge in [-0.1, -0.05) is 6.07 Å². The number of Topliss-reactive ketones (excluding diaryl/α,β-unsaturated/α-hetero) is 1. The number of thiophene rings is 1. The van der Waals surface area contributed by atoms with E-state index in [9.17, 15) is 9.59 Å². The van der Waals surface area contributed by atoms with Gasteiger partial charge in [0.1, 0.15) is 0 Å². The SMILES string of the molecule is O=C(c1cccs1)N1CCN(CC(=O)C23CC4CC(CC(C4)C2)C3)CC1. The molecule has 0 atom stereocenters. The van der Waals surface area contributed by atoms with Gasteiger partial charge in [-0.05, 0) is 67.7 Å². The summed E-state index contributed by atoms with van der Waals surface area (Å²) in [4.78, 5) is 30.8. The van der Waals surface area contributed by atoms with Gasteiger partial charge in [-0.2, -0.15) is 0 Å². The first-order valence-electron chi connectivity index (χ1n) is 10.2. The molecule has 0 aromatic carbocycles. The second-order valence-electron chi connectivity index (χ2n) is 9.17. The molecule has 1 saturated heterocycles. The molecule has 4 bridgehead atoms. The molecule has 1 aromatic heterocycles. The van der Waals surface area contributed by atoms with Crippen molar-refractivity contribution in [2.75, 3.05) is 32.7 Å². The predicted octanol–water partition coefficient (Wildman–Crippen LogP) is 3.29. The van der Waals surface area contributed by atoms with Gasteiger partial charge in [0.25, 0.3) is 5.91 Å². The summed E-state index contributed by atoms with van der Waals surface area (Å²) in [5, 5.41) is 1.95. The smallest absolute Gasteiger partial charge is 0.264 e. The van der Waals surface area contributed by atoms with E-state index in [1.807, 2.05) is 22.4 Å². The zero-order valence-electron chi connectivity index (χ0n) is 15.4. The Hall–Kier alpha value is -1.20. The largest absolute Gasteiger partial charge is 0.335 e. The zero-order chi connectivity index (χ0) is 17.7. The lowest BCUT2D eigenvalue weighted by molar-refractivity contribution is -0.145. The van der Waals surface area contributed by atoms with Gasteiger partial charge >= 0.3 is 0 Å². The molecule has 5 fully saturated rings. The Bertz CT molecular complexity index is 656. The molecule has 4 nitrogen and oxygen atoms in total. The normalized spacial score (nSPS) is 36.5. The van der Waals surface area contributed by atoms with E-state index in [1.165, 1.54) is 30.6 Å². The fourth-order valence-corrected chi connectivity index (χ4v) is 7.18. The second-order valence-corrected chi connectivity index (χ2v) is 10.1. The van der Waals surface area contributed by atoms with Crippen LogP contribution < -0.4 is 0 Å². The van der Waals surface area contributed by atoms with Crippen LogP contribution in [-0.4, -0.2) is 54.2 Å². The highest BCUT2D eigenvalue weighted by atomic mass is 32.1. The summed E-state index contributed by atoms with van der Waals surface area (Å²) in [7, 11) is 0. The number of hydrogen-bond donors (Lipinski definition) is 0. The van der Waals surface area contributed by atoms with Crippen molar-refractivity contribution in [3.05, 3.63) is 22.4 Å². The maximum Gasteiger partial charge on any atom is 0.264 e. The molecular weight excluding hydrogens is 344 g/mol. The molecule has 6 rings (SSSR count). The first kappa shape index (κ1) is 16.9. The summed E-state index contributed by atoms with van der Waals surface area (Å²) >= 11 is 1.51. The summed E-state index contributed by atoms with van der Waals surface area (Å²) in [6, 6.07) is 3.83. The van der Waals surface area contributed by atoms with Crippen LogP contribution in [0.25, 0.3) is 0 Å². The van der Waals surface area contributed by atoms with Crippen LogP contribution in [0.4, 0.5) is 0 Å². The molecular formula is C21H28N2O2S. The van der Waals surface area contributed by atoms with Crippen LogP contribution in [0.3, 0.4) is 0 Å². The minimum Gasteiger partial charge on any atom is -0.335 e. The molecule has 0 unspecified atom stereocenters. The van der Waals surface area contributed by atoms with Gasteiger partial charge in [0.05, 0.1) is 11.4 Å². The Balaban J connectivity index is 1.18. The van der Waals surface area contributed by atoms with Crippen molar-refractivity contribution < 1.29 is 9.59 Å². The first-order valence-corrected chi connectivity index (χ1v) is 11.1. The third-order valence-electron chi connectivity index (χ3n) is 7.39. The fraction of sp³-hybridized carbons (Fsp3) is 0.714. The number of rotatable bonds is 4. The number of piperazine rings is 1. The number of carbonyl (C=O) groups is 2. The minimum absolute atomic E-state index is 0.0126. The maximum atomic E-state index is 13.2. The number of amides is 1. The average molecular weight is 373 g/mol.